The second-order valence-corrected chi connectivity index (χ2v) is 7.83. The molecule has 0 aliphatic heterocycles. The Bertz CT molecular complexity index is 765. The van der Waals surface area contributed by atoms with Crippen molar-refractivity contribution in [3.63, 3.8) is 0 Å². The molecule has 3 aromatic rings. The van der Waals surface area contributed by atoms with Crippen LogP contribution in [-0.2, 0) is 9.54 Å². The molecule has 0 fully saturated rings. The van der Waals surface area contributed by atoms with E-state index in [4.69, 9.17) is 5.73 Å². The topological polar surface area (TPSA) is 63.3 Å². The van der Waals surface area contributed by atoms with Gasteiger partial charge in [-0.1, -0.05) is 66.7 Å². The maximum atomic E-state index is 11.2. The first-order valence-electron chi connectivity index (χ1n) is 7.92. The molecule has 0 unspecified atom stereocenters. The normalized spacial score (nSPS) is 12.7. The number of carboxylic acid groups (broad SMARTS) is 1. The Morgan fingerprint density at radius 2 is 1.56 bits per heavy atom. The van der Waals surface area contributed by atoms with E-state index in [2.05, 4.69) is 30.3 Å². The molecule has 25 heavy (non-hydrogen) atoms. The molecule has 3 rings (SSSR count). The standard InChI is InChI=1S/C20H19NO2S2/c21-17(19(22)23)14-25-20(18-12-7-13-24-18,15-8-3-1-4-9-15)16-10-5-2-6-11-16/h1-13,17H,14,21H2,(H,22,23)/t17-/m1/s1. The molecular weight excluding hydrogens is 350 g/mol. The lowest BCUT2D eigenvalue weighted by atomic mass is 9.89. The Morgan fingerprint density at radius 3 is 2.00 bits per heavy atom. The second-order valence-electron chi connectivity index (χ2n) is 5.65. The third kappa shape index (κ3) is 3.63. The van der Waals surface area contributed by atoms with Crippen molar-refractivity contribution in [1.82, 2.24) is 0 Å². The van der Waals surface area contributed by atoms with Gasteiger partial charge < -0.3 is 10.8 Å². The molecule has 0 bridgehead atoms. The van der Waals surface area contributed by atoms with E-state index >= 15 is 0 Å². The second kappa shape index (κ2) is 7.87. The summed E-state index contributed by atoms with van der Waals surface area (Å²) in [6, 6.07) is 23.6. The van der Waals surface area contributed by atoms with Crippen LogP contribution in [0.15, 0.2) is 78.2 Å². The fraction of sp³-hybridized carbons (Fsp3) is 0.150. The minimum atomic E-state index is -0.978. The number of benzene rings is 2. The number of nitrogens with two attached hydrogens (primary N) is 1. The van der Waals surface area contributed by atoms with Gasteiger partial charge in [0.15, 0.2) is 0 Å². The average molecular weight is 370 g/mol. The highest BCUT2D eigenvalue weighted by Crippen LogP contribution is 2.50. The lowest BCUT2D eigenvalue weighted by molar-refractivity contribution is -0.137. The Hall–Kier alpha value is -2.08. The fourth-order valence-corrected chi connectivity index (χ4v) is 5.37. The summed E-state index contributed by atoms with van der Waals surface area (Å²) < 4.78 is -0.482. The van der Waals surface area contributed by atoms with Crippen LogP contribution in [0.4, 0.5) is 0 Å². The minimum absolute atomic E-state index is 0.316. The molecular formula is C20H19NO2S2. The first-order valence-corrected chi connectivity index (χ1v) is 9.78. The van der Waals surface area contributed by atoms with Gasteiger partial charge in [-0.25, -0.2) is 0 Å². The van der Waals surface area contributed by atoms with Crippen molar-refractivity contribution in [2.24, 2.45) is 5.73 Å². The molecule has 0 aliphatic carbocycles. The predicted molar refractivity (Wildman–Crippen MR) is 105 cm³/mol. The van der Waals surface area contributed by atoms with Crippen molar-refractivity contribution in [3.8, 4) is 0 Å². The molecule has 3 nitrogen and oxygen atoms in total. The molecule has 0 radical (unpaired) electrons. The van der Waals surface area contributed by atoms with E-state index in [1.807, 2.05) is 47.8 Å². The summed E-state index contributed by atoms with van der Waals surface area (Å²) in [6.45, 7) is 0. The number of carboxylic acids is 1. The van der Waals surface area contributed by atoms with Gasteiger partial charge in [0.25, 0.3) is 0 Å². The van der Waals surface area contributed by atoms with E-state index in [1.54, 1.807) is 23.1 Å². The Labute approximate surface area is 155 Å². The highest BCUT2D eigenvalue weighted by Gasteiger charge is 2.38. The highest BCUT2D eigenvalue weighted by atomic mass is 32.2. The molecule has 1 heterocycles. The van der Waals surface area contributed by atoms with Gasteiger partial charge in [0, 0.05) is 10.6 Å². The lowest BCUT2D eigenvalue weighted by Crippen LogP contribution is -2.35. The van der Waals surface area contributed by atoms with Crippen LogP contribution in [0, 0.1) is 0 Å². The molecule has 1 aromatic heterocycles. The van der Waals surface area contributed by atoms with Crippen LogP contribution in [0.1, 0.15) is 16.0 Å². The van der Waals surface area contributed by atoms with Gasteiger partial charge >= 0.3 is 5.97 Å². The summed E-state index contributed by atoms with van der Waals surface area (Å²) in [5.41, 5.74) is 8.05. The molecule has 0 saturated carbocycles. The Morgan fingerprint density at radius 1 is 1.00 bits per heavy atom. The van der Waals surface area contributed by atoms with Crippen LogP contribution in [0.2, 0.25) is 0 Å². The van der Waals surface area contributed by atoms with Crippen LogP contribution in [0.25, 0.3) is 0 Å². The van der Waals surface area contributed by atoms with Crippen molar-refractivity contribution in [2.75, 3.05) is 5.75 Å². The van der Waals surface area contributed by atoms with Crippen LogP contribution >= 0.6 is 23.1 Å². The van der Waals surface area contributed by atoms with Gasteiger partial charge in [0.1, 0.15) is 6.04 Å². The van der Waals surface area contributed by atoms with E-state index in [9.17, 15) is 9.90 Å². The van der Waals surface area contributed by atoms with E-state index in [0.29, 0.717) is 5.75 Å². The summed E-state index contributed by atoms with van der Waals surface area (Å²) in [7, 11) is 0. The van der Waals surface area contributed by atoms with Crippen molar-refractivity contribution in [1.29, 1.82) is 0 Å². The molecule has 0 amide bonds. The van der Waals surface area contributed by atoms with Crippen molar-refractivity contribution >= 4 is 29.1 Å². The van der Waals surface area contributed by atoms with Gasteiger partial charge in [0.2, 0.25) is 0 Å². The highest BCUT2D eigenvalue weighted by molar-refractivity contribution is 8.00. The number of thioether (sulfide) groups is 1. The third-order valence-electron chi connectivity index (χ3n) is 4.03. The van der Waals surface area contributed by atoms with Crippen molar-refractivity contribution in [3.05, 3.63) is 94.2 Å². The SMILES string of the molecule is N[C@H](CSC(c1ccccc1)(c1ccccc1)c1cccs1)C(=O)O. The zero-order chi connectivity index (χ0) is 17.7. The number of thiophene rings is 1. The molecule has 0 aliphatic rings. The van der Waals surface area contributed by atoms with Gasteiger partial charge in [-0.3, -0.25) is 4.79 Å². The molecule has 0 spiro atoms. The van der Waals surface area contributed by atoms with Crippen molar-refractivity contribution in [2.45, 2.75) is 10.8 Å². The zero-order valence-electron chi connectivity index (χ0n) is 13.5. The van der Waals surface area contributed by atoms with E-state index in [1.165, 1.54) is 0 Å². The Balaban J connectivity index is 2.16. The lowest BCUT2D eigenvalue weighted by Gasteiger charge is -2.34. The maximum Gasteiger partial charge on any atom is 0.321 e. The first-order chi connectivity index (χ1) is 12.1. The quantitative estimate of drug-likeness (QED) is 0.656. The maximum absolute atomic E-state index is 11.2. The summed E-state index contributed by atoms with van der Waals surface area (Å²) in [5, 5.41) is 11.3. The van der Waals surface area contributed by atoms with Crippen LogP contribution in [0.5, 0.6) is 0 Å². The molecule has 2 aromatic carbocycles. The molecule has 0 saturated heterocycles. The molecule has 1 atom stereocenters. The van der Waals surface area contributed by atoms with E-state index in [0.717, 1.165) is 16.0 Å². The molecule has 128 valence electrons. The van der Waals surface area contributed by atoms with E-state index in [-0.39, 0.29) is 0 Å². The summed E-state index contributed by atoms with van der Waals surface area (Å²) in [5.74, 6) is -0.662. The predicted octanol–water partition coefficient (Wildman–Crippen LogP) is 4.19. The number of rotatable bonds is 7. The summed E-state index contributed by atoms with van der Waals surface area (Å²) in [6.07, 6.45) is 0. The van der Waals surface area contributed by atoms with Crippen LogP contribution < -0.4 is 5.73 Å². The van der Waals surface area contributed by atoms with Gasteiger partial charge in [0.05, 0.1) is 4.75 Å². The smallest absolute Gasteiger partial charge is 0.321 e. The fourth-order valence-electron chi connectivity index (χ4n) is 2.80. The third-order valence-corrected chi connectivity index (χ3v) is 6.79. The first kappa shape index (κ1) is 17.7. The summed E-state index contributed by atoms with van der Waals surface area (Å²) >= 11 is 3.24. The van der Waals surface area contributed by atoms with Gasteiger partial charge in [-0.15, -0.1) is 23.1 Å². The van der Waals surface area contributed by atoms with Gasteiger partial charge in [-0.05, 0) is 22.6 Å². The molecule has 3 N–H and O–H groups in total. The number of hydrogen-bond acceptors (Lipinski definition) is 4. The summed E-state index contributed by atoms with van der Waals surface area (Å²) in [4.78, 5) is 12.4. The van der Waals surface area contributed by atoms with Gasteiger partial charge in [-0.2, -0.15) is 0 Å². The minimum Gasteiger partial charge on any atom is -0.480 e. The average Bonchev–Trinajstić information content (AvgIpc) is 3.19. The monoisotopic (exact) mass is 369 g/mol. The van der Waals surface area contributed by atoms with Crippen LogP contribution in [0.3, 0.4) is 0 Å². The van der Waals surface area contributed by atoms with E-state index < -0.39 is 16.8 Å². The van der Waals surface area contributed by atoms with Crippen molar-refractivity contribution < 1.29 is 9.90 Å². The largest absolute Gasteiger partial charge is 0.480 e. The zero-order valence-corrected chi connectivity index (χ0v) is 15.2. The molecule has 5 heteroatoms. The number of aliphatic carboxylic acids is 1. The number of carbonyl (C=O) groups is 1. The Kier molecular flexibility index (Phi) is 5.58. The van der Waals surface area contributed by atoms with Crippen LogP contribution in [-0.4, -0.2) is 22.9 Å². The number of hydrogen-bond donors (Lipinski definition) is 2.